The van der Waals surface area contributed by atoms with E-state index in [0.29, 0.717) is 50.9 Å². The molecule has 3 aromatic heterocycles. The summed E-state index contributed by atoms with van der Waals surface area (Å²) >= 11 is 6.47. The van der Waals surface area contributed by atoms with Gasteiger partial charge in [0.2, 0.25) is 17.7 Å². The van der Waals surface area contributed by atoms with E-state index >= 15 is 0 Å². The van der Waals surface area contributed by atoms with Gasteiger partial charge in [-0.25, -0.2) is 19.9 Å². The van der Waals surface area contributed by atoms with Gasteiger partial charge >= 0.3 is 0 Å². The number of aromatic nitrogens is 4. The molecule has 0 saturated carbocycles. The van der Waals surface area contributed by atoms with Crippen LogP contribution in [0.2, 0.25) is 5.02 Å². The first-order valence-electron chi connectivity index (χ1n) is 13.5. The molecule has 0 aliphatic carbocycles. The molecule has 12 nitrogen and oxygen atoms in total. The van der Waals surface area contributed by atoms with Crippen LogP contribution in [0.1, 0.15) is 34.6 Å². The summed E-state index contributed by atoms with van der Waals surface area (Å²) in [6, 6.07) is 12.7. The number of fused-ring (bicyclic) bond motifs is 1. The number of hydrogen-bond acceptors (Lipinski definition) is 10. The van der Waals surface area contributed by atoms with Gasteiger partial charge in [-0.15, -0.1) is 0 Å². The van der Waals surface area contributed by atoms with Crippen molar-refractivity contribution in [2.45, 2.75) is 25.6 Å². The normalized spacial score (nSPS) is 13.7. The highest BCUT2D eigenvalue weighted by Gasteiger charge is 2.35. The molecule has 13 heteroatoms. The fraction of sp³-hybridized carbons (Fsp3) is 0.267. The Morgan fingerprint density at radius 1 is 1.16 bits per heavy atom. The predicted octanol–water partition coefficient (Wildman–Crippen LogP) is 3.60. The number of carbonyl (C=O) groups is 2. The van der Waals surface area contributed by atoms with Crippen LogP contribution in [0.3, 0.4) is 0 Å². The van der Waals surface area contributed by atoms with Crippen LogP contribution < -0.4 is 20.3 Å². The third-order valence-electron chi connectivity index (χ3n) is 7.08. The molecule has 43 heavy (non-hydrogen) atoms. The molecule has 4 heterocycles. The van der Waals surface area contributed by atoms with Crippen molar-refractivity contribution in [3.8, 4) is 17.1 Å². The summed E-state index contributed by atoms with van der Waals surface area (Å²) in [4.78, 5) is 47.5. The van der Waals surface area contributed by atoms with E-state index in [-0.39, 0.29) is 19.1 Å². The first kappa shape index (κ1) is 29.7. The lowest BCUT2D eigenvalue weighted by Crippen LogP contribution is -2.47. The van der Waals surface area contributed by atoms with Crippen LogP contribution in [-0.4, -0.2) is 75.6 Å². The number of carbonyl (C=O) groups excluding carboxylic acids is 2. The molecule has 0 fully saturated rings. The Balaban J connectivity index is 1.32. The van der Waals surface area contributed by atoms with Gasteiger partial charge in [-0.05, 0) is 36.8 Å². The van der Waals surface area contributed by atoms with Gasteiger partial charge in [-0.1, -0.05) is 29.8 Å². The summed E-state index contributed by atoms with van der Waals surface area (Å²) in [5, 5.41) is 16.3. The number of nitrogens with zero attached hydrogens (tertiary/aromatic N) is 6. The molecule has 1 aliphatic heterocycles. The average Bonchev–Trinajstić information content (AvgIpc) is 3.35. The molecule has 222 valence electrons. The summed E-state index contributed by atoms with van der Waals surface area (Å²) in [7, 11) is 5.25. The zero-order valence-corrected chi connectivity index (χ0v) is 24.8. The van der Waals surface area contributed by atoms with Crippen molar-refractivity contribution in [3.63, 3.8) is 0 Å². The minimum absolute atomic E-state index is 0.259. The lowest BCUT2D eigenvalue weighted by molar-refractivity contribution is -0.126. The van der Waals surface area contributed by atoms with Gasteiger partial charge in [0.25, 0.3) is 5.91 Å². The number of halogens is 1. The molecule has 1 aliphatic rings. The van der Waals surface area contributed by atoms with E-state index in [1.165, 1.54) is 18.2 Å². The molecule has 2 unspecified atom stereocenters. The Hall–Kier alpha value is -4.81. The molecule has 3 N–H and O–H groups in total. The van der Waals surface area contributed by atoms with E-state index in [4.69, 9.17) is 16.3 Å². The highest BCUT2D eigenvalue weighted by molar-refractivity contribution is 6.33. The van der Waals surface area contributed by atoms with Gasteiger partial charge in [0.05, 0.1) is 42.4 Å². The van der Waals surface area contributed by atoms with Crippen molar-refractivity contribution in [2.75, 3.05) is 38.0 Å². The fourth-order valence-corrected chi connectivity index (χ4v) is 4.87. The van der Waals surface area contributed by atoms with Crippen LogP contribution in [0, 0.1) is 0 Å². The number of aliphatic hydroxyl groups is 1. The van der Waals surface area contributed by atoms with Gasteiger partial charge in [0.15, 0.2) is 0 Å². The molecule has 4 aromatic rings. The summed E-state index contributed by atoms with van der Waals surface area (Å²) in [6.45, 7) is 1.58. The molecule has 0 spiro atoms. The summed E-state index contributed by atoms with van der Waals surface area (Å²) in [5.41, 5.74) is 3.50. The van der Waals surface area contributed by atoms with Crippen LogP contribution in [0.4, 0.5) is 17.5 Å². The van der Waals surface area contributed by atoms with Crippen LogP contribution in [-0.2, 0) is 11.3 Å². The zero-order valence-electron chi connectivity index (χ0n) is 24.1. The second kappa shape index (κ2) is 12.6. The van der Waals surface area contributed by atoms with Crippen molar-refractivity contribution >= 4 is 40.9 Å². The molecule has 2 atom stereocenters. The Labute approximate surface area is 253 Å². The predicted molar refractivity (Wildman–Crippen MR) is 162 cm³/mol. The monoisotopic (exact) mass is 602 g/mol. The molecule has 5 rings (SSSR count). The minimum Gasteiger partial charge on any atom is -0.481 e. The molecular formula is C30H31ClN8O4. The van der Waals surface area contributed by atoms with Crippen LogP contribution in [0.5, 0.6) is 5.88 Å². The number of methoxy groups -OCH3 is 1. The van der Waals surface area contributed by atoms with E-state index in [9.17, 15) is 14.7 Å². The number of nitrogens with one attached hydrogen (secondary N) is 2. The Kier molecular flexibility index (Phi) is 8.69. The number of aliphatic hydroxyl groups excluding tert-OH is 1. The van der Waals surface area contributed by atoms with E-state index < -0.39 is 18.0 Å². The van der Waals surface area contributed by atoms with Gasteiger partial charge in [-0.2, -0.15) is 0 Å². The second-order valence-corrected chi connectivity index (χ2v) is 10.5. The van der Waals surface area contributed by atoms with Gasteiger partial charge in [0.1, 0.15) is 11.9 Å². The van der Waals surface area contributed by atoms with Gasteiger partial charge in [-0.3, -0.25) is 9.59 Å². The average molecular weight is 603 g/mol. The van der Waals surface area contributed by atoms with E-state index in [0.717, 1.165) is 5.56 Å². The SMILES string of the molecule is COc1cc(Nc2ncc(Cl)c(-c3ccc4c(c3)C(=O)N(C(C)C(=O)NC(CO)c3cccc(N(C)C)n3)C4)n2)ccn1. The lowest BCUT2D eigenvalue weighted by Gasteiger charge is -2.26. The number of pyridine rings is 2. The van der Waals surface area contributed by atoms with Crippen LogP contribution in [0.25, 0.3) is 11.3 Å². The molecule has 0 bridgehead atoms. The van der Waals surface area contributed by atoms with Crippen molar-refractivity contribution in [1.82, 2.24) is 30.2 Å². The number of rotatable bonds is 10. The topological polar surface area (TPSA) is 146 Å². The maximum Gasteiger partial charge on any atom is 0.255 e. The highest BCUT2D eigenvalue weighted by atomic mass is 35.5. The zero-order chi connectivity index (χ0) is 30.7. The van der Waals surface area contributed by atoms with E-state index in [1.807, 2.05) is 43.3 Å². The highest BCUT2D eigenvalue weighted by Crippen LogP contribution is 2.33. The van der Waals surface area contributed by atoms with Crippen molar-refractivity contribution in [3.05, 3.63) is 82.8 Å². The summed E-state index contributed by atoms with van der Waals surface area (Å²) in [6.07, 6.45) is 3.08. The maximum atomic E-state index is 13.5. The van der Waals surface area contributed by atoms with Gasteiger partial charge < -0.3 is 30.3 Å². The van der Waals surface area contributed by atoms with Gasteiger partial charge in [0, 0.05) is 49.7 Å². The fourth-order valence-electron chi connectivity index (χ4n) is 4.67. The Bertz CT molecular complexity index is 1670. The van der Waals surface area contributed by atoms with Crippen LogP contribution >= 0.6 is 11.6 Å². The standard InChI is InChI=1S/C30H31ClN8O4/c1-17(28(41)36-24(16-40)23-6-5-7-25(35-23)38(2)3)39-15-19-9-8-18(12-21(19)29(39)42)27-22(31)14-33-30(37-27)34-20-10-11-32-26(13-20)43-4/h5-14,17,24,40H,15-16H2,1-4H3,(H,36,41)(H,32,33,34,37). The number of anilines is 3. The maximum absolute atomic E-state index is 13.5. The number of ether oxygens (including phenoxy) is 1. The molecule has 0 saturated heterocycles. The molecule has 2 amide bonds. The Morgan fingerprint density at radius 2 is 1.98 bits per heavy atom. The van der Waals surface area contributed by atoms with Crippen molar-refractivity contribution < 1.29 is 19.4 Å². The first-order valence-corrected chi connectivity index (χ1v) is 13.9. The third-order valence-corrected chi connectivity index (χ3v) is 7.35. The summed E-state index contributed by atoms with van der Waals surface area (Å²) in [5.74, 6) is 0.741. The lowest BCUT2D eigenvalue weighted by atomic mass is 10.0. The summed E-state index contributed by atoms with van der Waals surface area (Å²) < 4.78 is 5.16. The number of amides is 2. The minimum atomic E-state index is -0.801. The second-order valence-electron chi connectivity index (χ2n) is 10.1. The first-order chi connectivity index (χ1) is 20.7. The molecule has 1 aromatic carbocycles. The number of hydrogen-bond donors (Lipinski definition) is 3. The van der Waals surface area contributed by atoms with Crippen molar-refractivity contribution in [1.29, 1.82) is 0 Å². The third kappa shape index (κ3) is 6.35. The quantitative estimate of drug-likeness (QED) is 0.246. The van der Waals surface area contributed by atoms with Crippen molar-refractivity contribution in [2.24, 2.45) is 0 Å². The molecule has 0 radical (unpaired) electrons. The van der Waals surface area contributed by atoms with E-state index in [1.54, 1.807) is 37.4 Å². The smallest absolute Gasteiger partial charge is 0.255 e. The van der Waals surface area contributed by atoms with Crippen LogP contribution in [0.15, 0.2) is 60.9 Å². The number of benzene rings is 1. The van der Waals surface area contributed by atoms with E-state index in [2.05, 4.69) is 30.6 Å². The molecular weight excluding hydrogens is 572 g/mol. The Morgan fingerprint density at radius 3 is 2.72 bits per heavy atom. The largest absolute Gasteiger partial charge is 0.481 e.